The topological polar surface area (TPSA) is 57.4 Å². The molecule has 5 nitrogen and oxygen atoms in total. The summed E-state index contributed by atoms with van der Waals surface area (Å²) in [5.41, 5.74) is 0.746. The summed E-state index contributed by atoms with van der Waals surface area (Å²) in [5, 5.41) is 7.82. The summed E-state index contributed by atoms with van der Waals surface area (Å²) in [6, 6.07) is 10.5. The summed E-state index contributed by atoms with van der Waals surface area (Å²) in [4.78, 5) is 0. The van der Waals surface area contributed by atoms with E-state index in [2.05, 4.69) is 10.2 Å². The quantitative estimate of drug-likeness (QED) is 0.640. The van der Waals surface area contributed by atoms with Crippen LogP contribution in [0.4, 0.5) is 8.78 Å². The molecule has 0 saturated carbocycles. The molecule has 28 heavy (non-hydrogen) atoms. The average Bonchev–Trinajstić information content (AvgIpc) is 3.18. The van der Waals surface area contributed by atoms with Crippen molar-refractivity contribution in [1.29, 1.82) is 0 Å². The van der Waals surface area contributed by atoms with Crippen LogP contribution in [-0.2, 0) is 9.31 Å². The first kappa shape index (κ1) is 18.8. The van der Waals surface area contributed by atoms with E-state index in [1.807, 2.05) is 39.8 Å². The van der Waals surface area contributed by atoms with Crippen LogP contribution in [0.15, 0.2) is 46.9 Å². The van der Waals surface area contributed by atoms with Gasteiger partial charge in [-0.05, 0) is 57.4 Å². The lowest BCUT2D eigenvalue weighted by molar-refractivity contribution is 0.00578. The minimum absolute atomic E-state index is 0.0115. The second kappa shape index (κ2) is 6.50. The molecule has 1 saturated heterocycles. The van der Waals surface area contributed by atoms with Gasteiger partial charge in [0.25, 0.3) is 5.89 Å². The molecule has 0 aliphatic carbocycles. The van der Waals surface area contributed by atoms with Gasteiger partial charge in [0.1, 0.15) is 11.6 Å². The third-order valence-corrected chi connectivity index (χ3v) is 5.27. The van der Waals surface area contributed by atoms with Gasteiger partial charge in [-0.15, -0.1) is 10.2 Å². The van der Waals surface area contributed by atoms with Gasteiger partial charge in [0.2, 0.25) is 5.89 Å². The predicted molar refractivity (Wildman–Crippen MR) is 101 cm³/mol. The zero-order valence-corrected chi connectivity index (χ0v) is 16.0. The molecule has 4 rings (SSSR count). The molecular formula is C20H19BF2N2O3. The highest BCUT2D eigenvalue weighted by Crippen LogP contribution is 2.36. The molecule has 144 valence electrons. The van der Waals surface area contributed by atoms with Crippen LogP contribution in [0.3, 0.4) is 0 Å². The van der Waals surface area contributed by atoms with Crippen molar-refractivity contribution in [3.63, 3.8) is 0 Å². The SMILES string of the molecule is CC1(C)OB(c2ccc(-c3nnc(-c4ccc(F)cc4F)o3)cc2)OC1(C)C. The van der Waals surface area contributed by atoms with E-state index in [0.717, 1.165) is 17.6 Å². The van der Waals surface area contributed by atoms with Crippen molar-refractivity contribution in [2.24, 2.45) is 0 Å². The maximum atomic E-state index is 13.9. The van der Waals surface area contributed by atoms with Crippen LogP contribution in [0.25, 0.3) is 22.9 Å². The largest absolute Gasteiger partial charge is 0.494 e. The molecule has 0 atom stereocenters. The van der Waals surface area contributed by atoms with Crippen LogP contribution in [0.5, 0.6) is 0 Å². The fraction of sp³-hybridized carbons (Fsp3) is 0.300. The molecule has 1 aromatic heterocycles. The van der Waals surface area contributed by atoms with E-state index in [1.165, 1.54) is 6.07 Å². The lowest BCUT2D eigenvalue weighted by Gasteiger charge is -2.32. The van der Waals surface area contributed by atoms with E-state index >= 15 is 0 Å². The first-order chi connectivity index (χ1) is 13.2. The number of hydrogen-bond donors (Lipinski definition) is 0. The summed E-state index contributed by atoms with van der Waals surface area (Å²) in [6.07, 6.45) is 0. The molecule has 1 aliphatic heterocycles. The van der Waals surface area contributed by atoms with Crippen molar-refractivity contribution in [3.8, 4) is 22.9 Å². The second-order valence-corrected chi connectivity index (χ2v) is 7.75. The Hall–Kier alpha value is -2.58. The number of hydrogen-bond acceptors (Lipinski definition) is 5. The van der Waals surface area contributed by atoms with E-state index in [9.17, 15) is 8.78 Å². The number of benzene rings is 2. The number of halogens is 2. The molecule has 0 radical (unpaired) electrons. The first-order valence-electron chi connectivity index (χ1n) is 8.91. The van der Waals surface area contributed by atoms with Crippen LogP contribution in [0, 0.1) is 11.6 Å². The summed E-state index contributed by atoms with van der Waals surface area (Å²) >= 11 is 0. The van der Waals surface area contributed by atoms with E-state index < -0.39 is 30.0 Å². The summed E-state index contributed by atoms with van der Waals surface area (Å²) in [5.74, 6) is -1.20. The van der Waals surface area contributed by atoms with Gasteiger partial charge in [-0.25, -0.2) is 8.78 Å². The van der Waals surface area contributed by atoms with Gasteiger partial charge in [-0.3, -0.25) is 0 Å². The normalized spacial score (nSPS) is 17.9. The molecule has 0 N–H and O–H groups in total. The Labute approximate surface area is 161 Å². The van der Waals surface area contributed by atoms with Gasteiger partial charge in [0.15, 0.2) is 0 Å². The highest BCUT2D eigenvalue weighted by Gasteiger charge is 2.51. The third kappa shape index (κ3) is 3.23. The smallest absolute Gasteiger partial charge is 0.416 e. The molecule has 0 unspecified atom stereocenters. The standard InChI is InChI=1S/C20H19BF2N2O3/c1-19(2)20(3,4)28-21(27-19)13-7-5-12(6-8-13)17-24-25-18(26-17)15-10-9-14(22)11-16(15)23/h5-11H,1-4H3. The van der Waals surface area contributed by atoms with Crippen LogP contribution in [-0.4, -0.2) is 28.5 Å². The zero-order chi connectivity index (χ0) is 20.1. The average molecular weight is 384 g/mol. The minimum Gasteiger partial charge on any atom is -0.416 e. The Morgan fingerprint density at radius 2 is 1.43 bits per heavy atom. The van der Waals surface area contributed by atoms with Gasteiger partial charge in [-0.1, -0.05) is 12.1 Å². The monoisotopic (exact) mass is 384 g/mol. The van der Waals surface area contributed by atoms with Gasteiger partial charge in [0.05, 0.1) is 16.8 Å². The van der Waals surface area contributed by atoms with Crippen LogP contribution < -0.4 is 5.46 Å². The van der Waals surface area contributed by atoms with E-state index in [1.54, 1.807) is 12.1 Å². The van der Waals surface area contributed by atoms with Crippen LogP contribution >= 0.6 is 0 Å². The zero-order valence-electron chi connectivity index (χ0n) is 16.0. The molecule has 0 bridgehead atoms. The Bertz CT molecular complexity index is 1000. The fourth-order valence-corrected chi connectivity index (χ4v) is 2.87. The second-order valence-electron chi connectivity index (χ2n) is 7.75. The molecule has 0 spiro atoms. The van der Waals surface area contributed by atoms with E-state index in [4.69, 9.17) is 13.7 Å². The molecular weight excluding hydrogens is 365 g/mol. The predicted octanol–water partition coefficient (Wildman–Crippen LogP) is 3.98. The lowest BCUT2D eigenvalue weighted by Crippen LogP contribution is -2.41. The molecule has 1 fully saturated rings. The maximum absolute atomic E-state index is 13.9. The lowest BCUT2D eigenvalue weighted by atomic mass is 9.79. The highest BCUT2D eigenvalue weighted by molar-refractivity contribution is 6.62. The van der Waals surface area contributed by atoms with Crippen LogP contribution in [0.1, 0.15) is 27.7 Å². The van der Waals surface area contributed by atoms with Crippen molar-refractivity contribution >= 4 is 12.6 Å². The van der Waals surface area contributed by atoms with Crippen molar-refractivity contribution in [2.45, 2.75) is 38.9 Å². The van der Waals surface area contributed by atoms with Crippen LogP contribution in [0.2, 0.25) is 0 Å². The summed E-state index contributed by atoms with van der Waals surface area (Å²) in [6.45, 7) is 7.98. The summed E-state index contributed by atoms with van der Waals surface area (Å²) < 4.78 is 44.6. The first-order valence-corrected chi connectivity index (χ1v) is 8.91. The third-order valence-electron chi connectivity index (χ3n) is 5.27. The fourth-order valence-electron chi connectivity index (χ4n) is 2.87. The number of aromatic nitrogens is 2. The maximum Gasteiger partial charge on any atom is 0.494 e. The number of rotatable bonds is 3. The Morgan fingerprint density at radius 3 is 2.04 bits per heavy atom. The minimum atomic E-state index is -0.758. The Balaban J connectivity index is 1.56. The van der Waals surface area contributed by atoms with E-state index in [0.29, 0.717) is 5.56 Å². The number of nitrogens with zero attached hydrogens (tertiary/aromatic N) is 2. The van der Waals surface area contributed by atoms with Crippen molar-refractivity contribution < 1.29 is 22.5 Å². The van der Waals surface area contributed by atoms with Gasteiger partial charge >= 0.3 is 7.12 Å². The van der Waals surface area contributed by atoms with Crippen molar-refractivity contribution in [1.82, 2.24) is 10.2 Å². The summed E-state index contributed by atoms with van der Waals surface area (Å²) in [7, 11) is -0.467. The molecule has 0 amide bonds. The van der Waals surface area contributed by atoms with Crippen molar-refractivity contribution in [3.05, 3.63) is 54.1 Å². The molecule has 1 aliphatic rings. The molecule has 2 heterocycles. The highest BCUT2D eigenvalue weighted by atomic mass is 19.1. The van der Waals surface area contributed by atoms with E-state index in [-0.39, 0.29) is 17.3 Å². The van der Waals surface area contributed by atoms with Gasteiger partial charge in [0, 0.05) is 11.6 Å². The molecule has 2 aromatic carbocycles. The van der Waals surface area contributed by atoms with Gasteiger partial charge < -0.3 is 13.7 Å². The molecule has 3 aromatic rings. The molecule has 8 heteroatoms. The van der Waals surface area contributed by atoms with Gasteiger partial charge in [-0.2, -0.15) is 0 Å². The Morgan fingerprint density at radius 1 is 0.821 bits per heavy atom. The van der Waals surface area contributed by atoms with Crippen molar-refractivity contribution in [2.75, 3.05) is 0 Å². The Kier molecular flexibility index (Phi) is 4.35.